The minimum atomic E-state index is -0.214. The first-order valence-electron chi connectivity index (χ1n) is 7.44. The van der Waals surface area contributed by atoms with E-state index in [4.69, 9.17) is 4.79 Å². The molecule has 0 amide bonds. The van der Waals surface area contributed by atoms with Gasteiger partial charge in [-0.1, -0.05) is 6.07 Å². The van der Waals surface area contributed by atoms with Crippen LogP contribution in [0.15, 0.2) is 47.5 Å². The Morgan fingerprint density at radius 3 is 2.79 bits per heavy atom. The van der Waals surface area contributed by atoms with Gasteiger partial charge in [0.1, 0.15) is 5.82 Å². The van der Waals surface area contributed by atoms with Gasteiger partial charge in [-0.2, -0.15) is 0 Å². The van der Waals surface area contributed by atoms with Gasteiger partial charge in [0.15, 0.2) is 0 Å². The predicted octanol–water partition coefficient (Wildman–Crippen LogP) is 4.43. The largest absolute Gasteiger partial charge is 0.471 e. The molecule has 0 saturated heterocycles. The van der Waals surface area contributed by atoms with Gasteiger partial charge in [-0.3, -0.25) is 9.52 Å². The van der Waals surface area contributed by atoms with Gasteiger partial charge in [-0.15, -0.1) is 0 Å². The molecule has 24 heavy (non-hydrogen) atoms. The van der Waals surface area contributed by atoms with Crippen LogP contribution in [0.2, 0.25) is 0 Å². The summed E-state index contributed by atoms with van der Waals surface area (Å²) in [7, 11) is 1.31. The van der Waals surface area contributed by atoms with Gasteiger partial charge >= 0.3 is 0 Å². The third-order valence-corrected chi connectivity index (χ3v) is 4.94. The average Bonchev–Trinajstić information content (AvgIpc) is 3.18. The second kappa shape index (κ2) is 7.07. The normalized spacial score (nSPS) is 15.5. The number of halogens is 1. The highest BCUT2D eigenvalue weighted by Gasteiger charge is 2.19. The Balaban J connectivity index is 0.000000383. The molecular formula is C18H17FN2O2S. The molecule has 2 heterocycles. The maximum absolute atomic E-state index is 13.2. The summed E-state index contributed by atoms with van der Waals surface area (Å²) in [5.41, 5.74) is 4.44. The van der Waals surface area contributed by atoms with Crippen molar-refractivity contribution in [1.29, 1.82) is 0 Å². The monoisotopic (exact) mass is 344 g/mol. The van der Waals surface area contributed by atoms with Crippen LogP contribution in [0.5, 0.6) is 0 Å². The Kier molecular flexibility index (Phi) is 4.87. The van der Waals surface area contributed by atoms with E-state index >= 15 is 0 Å². The lowest BCUT2D eigenvalue weighted by atomic mass is 10.00. The van der Waals surface area contributed by atoms with E-state index in [0.717, 1.165) is 22.0 Å². The maximum Gasteiger partial charge on any atom is 0.292 e. The van der Waals surface area contributed by atoms with Crippen LogP contribution >= 0.6 is 11.9 Å². The number of aromatic nitrogens is 1. The van der Waals surface area contributed by atoms with Crippen molar-refractivity contribution in [3.05, 3.63) is 54.0 Å². The second-order valence-electron chi connectivity index (χ2n) is 5.42. The molecule has 0 aliphatic carbocycles. The van der Waals surface area contributed by atoms with E-state index in [1.54, 1.807) is 11.9 Å². The number of nitrogens with one attached hydrogen (secondary N) is 2. The van der Waals surface area contributed by atoms with Crippen LogP contribution in [0.3, 0.4) is 0 Å². The molecule has 6 heteroatoms. The summed E-state index contributed by atoms with van der Waals surface area (Å²) in [6, 6.07) is 11.7. The smallest absolute Gasteiger partial charge is 0.292 e. The Morgan fingerprint density at radius 2 is 2.04 bits per heavy atom. The van der Waals surface area contributed by atoms with Crippen molar-refractivity contribution >= 4 is 29.3 Å². The number of ether oxygens (including phenoxy) is 1. The SMILES string of the molecule is CC1NSc2ccc(-c3c[nH]c4cc(F)ccc34)cc21.COC=O. The van der Waals surface area contributed by atoms with Crippen LogP contribution < -0.4 is 4.72 Å². The van der Waals surface area contributed by atoms with E-state index in [0.29, 0.717) is 12.5 Å². The minimum Gasteiger partial charge on any atom is -0.471 e. The van der Waals surface area contributed by atoms with Crippen molar-refractivity contribution in [3.8, 4) is 11.1 Å². The molecule has 4 nitrogen and oxygen atoms in total. The topological polar surface area (TPSA) is 54.1 Å². The van der Waals surface area contributed by atoms with Gasteiger partial charge < -0.3 is 9.72 Å². The number of aromatic amines is 1. The molecule has 124 valence electrons. The number of hydrogen-bond acceptors (Lipinski definition) is 4. The molecule has 0 radical (unpaired) electrons. The third kappa shape index (κ3) is 3.16. The zero-order valence-electron chi connectivity index (χ0n) is 13.3. The highest BCUT2D eigenvalue weighted by Crippen LogP contribution is 2.38. The standard InChI is InChI=1S/C16H13FN2S.C2H4O2/c1-9-13-6-10(2-5-16(13)20-19-9)14-8-18-15-7-11(17)3-4-12(14)15;1-4-2-3/h2-9,18-19H,1H3;2H,1H3. The molecule has 0 saturated carbocycles. The lowest BCUT2D eigenvalue weighted by Crippen LogP contribution is -2.01. The first kappa shape index (κ1) is 16.5. The molecule has 4 rings (SSSR count). The molecule has 1 aromatic heterocycles. The zero-order valence-corrected chi connectivity index (χ0v) is 14.1. The molecule has 0 spiro atoms. The molecule has 0 fully saturated rings. The van der Waals surface area contributed by atoms with E-state index < -0.39 is 0 Å². The van der Waals surface area contributed by atoms with Crippen molar-refractivity contribution in [3.63, 3.8) is 0 Å². The molecular weight excluding hydrogens is 327 g/mol. The van der Waals surface area contributed by atoms with Crippen molar-refractivity contribution in [2.45, 2.75) is 17.9 Å². The van der Waals surface area contributed by atoms with E-state index in [1.165, 1.54) is 29.7 Å². The highest BCUT2D eigenvalue weighted by atomic mass is 32.2. The molecule has 1 unspecified atom stereocenters. The van der Waals surface area contributed by atoms with Gasteiger partial charge in [-0.25, -0.2) is 4.39 Å². The van der Waals surface area contributed by atoms with Gasteiger partial charge in [0.25, 0.3) is 6.47 Å². The summed E-state index contributed by atoms with van der Waals surface area (Å²) >= 11 is 1.68. The number of carbonyl (C=O) groups is 1. The summed E-state index contributed by atoms with van der Waals surface area (Å²) in [6.07, 6.45) is 1.95. The number of benzene rings is 2. The number of rotatable bonds is 2. The fourth-order valence-electron chi connectivity index (χ4n) is 2.70. The van der Waals surface area contributed by atoms with E-state index in [1.807, 2.05) is 12.3 Å². The average molecular weight is 344 g/mol. The number of methoxy groups -OCH3 is 1. The first-order chi connectivity index (χ1) is 11.6. The summed E-state index contributed by atoms with van der Waals surface area (Å²) in [4.78, 5) is 13.4. The van der Waals surface area contributed by atoms with Crippen molar-refractivity contribution in [2.75, 3.05) is 7.11 Å². The second-order valence-corrected chi connectivity index (χ2v) is 6.30. The third-order valence-electron chi connectivity index (χ3n) is 3.87. The van der Waals surface area contributed by atoms with Crippen LogP contribution in [0.1, 0.15) is 18.5 Å². The van der Waals surface area contributed by atoms with Crippen LogP contribution in [0.25, 0.3) is 22.0 Å². The van der Waals surface area contributed by atoms with Gasteiger partial charge in [-0.05, 0) is 60.3 Å². The minimum absolute atomic E-state index is 0.214. The Hall–Kier alpha value is -2.31. The van der Waals surface area contributed by atoms with Gasteiger partial charge in [0.2, 0.25) is 0 Å². The number of H-pyrrole nitrogens is 1. The van der Waals surface area contributed by atoms with Gasteiger partial charge in [0, 0.05) is 33.6 Å². The predicted molar refractivity (Wildman–Crippen MR) is 94.2 cm³/mol. The van der Waals surface area contributed by atoms with E-state index in [2.05, 4.69) is 39.6 Å². The van der Waals surface area contributed by atoms with Crippen LogP contribution in [0.4, 0.5) is 4.39 Å². The fourth-order valence-corrected chi connectivity index (χ4v) is 3.62. The van der Waals surface area contributed by atoms with Gasteiger partial charge in [0.05, 0.1) is 7.11 Å². The Morgan fingerprint density at radius 1 is 1.25 bits per heavy atom. The summed E-state index contributed by atoms with van der Waals surface area (Å²) in [5, 5.41) is 1.05. The molecule has 1 atom stereocenters. The van der Waals surface area contributed by atoms with Crippen LogP contribution in [-0.4, -0.2) is 18.6 Å². The molecule has 1 aliphatic heterocycles. The molecule has 2 N–H and O–H groups in total. The van der Waals surface area contributed by atoms with E-state index in [-0.39, 0.29) is 5.82 Å². The van der Waals surface area contributed by atoms with Crippen molar-refractivity contribution in [1.82, 2.24) is 9.71 Å². The highest BCUT2D eigenvalue weighted by molar-refractivity contribution is 7.97. The number of hydrogen-bond donors (Lipinski definition) is 2. The van der Waals surface area contributed by atoms with Crippen LogP contribution in [0, 0.1) is 5.82 Å². The molecule has 0 bridgehead atoms. The molecule has 2 aromatic carbocycles. The first-order valence-corrected chi connectivity index (χ1v) is 8.25. The quantitative estimate of drug-likeness (QED) is 0.533. The lowest BCUT2D eigenvalue weighted by Gasteiger charge is -2.06. The summed E-state index contributed by atoms with van der Waals surface area (Å²) in [6.45, 7) is 2.53. The summed E-state index contributed by atoms with van der Waals surface area (Å²) < 4.78 is 20.5. The molecule has 1 aliphatic rings. The number of fused-ring (bicyclic) bond motifs is 2. The van der Waals surface area contributed by atoms with E-state index in [9.17, 15) is 4.39 Å². The maximum atomic E-state index is 13.2. The fraction of sp³-hybridized carbons (Fsp3) is 0.167. The molecule has 3 aromatic rings. The number of carbonyl (C=O) groups excluding carboxylic acids is 1. The Bertz CT molecular complexity index is 879. The van der Waals surface area contributed by atoms with Crippen molar-refractivity contribution < 1.29 is 13.9 Å². The van der Waals surface area contributed by atoms with Crippen molar-refractivity contribution in [2.24, 2.45) is 0 Å². The summed E-state index contributed by atoms with van der Waals surface area (Å²) in [5.74, 6) is -0.214. The Labute approximate surface area is 143 Å². The van der Waals surface area contributed by atoms with Crippen LogP contribution in [-0.2, 0) is 9.53 Å². The lowest BCUT2D eigenvalue weighted by molar-refractivity contribution is -0.126. The zero-order chi connectivity index (χ0) is 17.1.